The minimum absolute atomic E-state index is 0.280. The molecule has 1 heteroatoms. The Balaban J connectivity index is 2.43. The Morgan fingerprint density at radius 2 is 1.87 bits per heavy atom. The van der Waals surface area contributed by atoms with Crippen LogP contribution in [0.2, 0.25) is 0 Å². The van der Waals surface area contributed by atoms with Gasteiger partial charge < -0.3 is 0 Å². The van der Waals surface area contributed by atoms with E-state index in [4.69, 9.17) is 0 Å². The molecule has 0 radical (unpaired) electrons. The van der Waals surface area contributed by atoms with Crippen LogP contribution in [0.15, 0.2) is 29.2 Å². The van der Waals surface area contributed by atoms with E-state index in [0.29, 0.717) is 0 Å². The first-order chi connectivity index (χ1) is 7.07. The zero-order valence-corrected chi connectivity index (χ0v) is 10.5. The molecule has 0 atom stereocenters. The standard InChI is InChI=1S/C14H18S/c1-14(2,3)13-10-12-7-5-4-6-11(12)8-9-15-13/h4-7,10H,8-9H2,1-3H3. The van der Waals surface area contributed by atoms with Crippen molar-refractivity contribution < 1.29 is 0 Å². The fraction of sp³-hybridized carbons (Fsp3) is 0.429. The SMILES string of the molecule is CC(C)(C)C1=Cc2ccccc2CCS1. The summed E-state index contributed by atoms with van der Waals surface area (Å²) in [5, 5.41) is 0. The van der Waals surface area contributed by atoms with Crippen molar-refractivity contribution in [3.05, 3.63) is 40.3 Å². The van der Waals surface area contributed by atoms with E-state index in [2.05, 4.69) is 51.1 Å². The van der Waals surface area contributed by atoms with Crippen molar-refractivity contribution in [1.82, 2.24) is 0 Å². The van der Waals surface area contributed by atoms with Gasteiger partial charge in [0.05, 0.1) is 0 Å². The van der Waals surface area contributed by atoms with Gasteiger partial charge in [-0.15, -0.1) is 11.8 Å². The Morgan fingerprint density at radius 3 is 2.60 bits per heavy atom. The van der Waals surface area contributed by atoms with Gasteiger partial charge in [0.15, 0.2) is 0 Å². The minimum atomic E-state index is 0.280. The molecule has 0 aliphatic carbocycles. The van der Waals surface area contributed by atoms with Crippen molar-refractivity contribution in [2.45, 2.75) is 27.2 Å². The maximum atomic E-state index is 2.37. The third-order valence-corrected chi connectivity index (χ3v) is 4.16. The van der Waals surface area contributed by atoms with Gasteiger partial charge in [-0.3, -0.25) is 0 Å². The Kier molecular flexibility index (Phi) is 2.92. The topological polar surface area (TPSA) is 0 Å². The van der Waals surface area contributed by atoms with E-state index in [9.17, 15) is 0 Å². The smallest absolute Gasteiger partial charge is 0.00177 e. The number of rotatable bonds is 0. The molecule has 0 spiro atoms. The molecule has 15 heavy (non-hydrogen) atoms. The molecule has 1 aromatic rings. The summed E-state index contributed by atoms with van der Waals surface area (Å²) in [4.78, 5) is 1.51. The van der Waals surface area contributed by atoms with Crippen LogP contribution in [-0.2, 0) is 6.42 Å². The monoisotopic (exact) mass is 218 g/mol. The predicted octanol–water partition coefficient (Wildman–Crippen LogP) is 4.36. The third-order valence-electron chi connectivity index (χ3n) is 2.71. The van der Waals surface area contributed by atoms with Crippen molar-refractivity contribution in [3.63, 3.8) is 0 Å². The van der Waals surface area contributed by atoms with Crippen molar-refractivity contribution >= 4 is 17.8 Å². The number of benzene rings is 1. The Hall–Kier alpha value is -0.690. The molecule has 1 aromatic carbocycles. The molecule has 0 bridgehead atoms. The number of fused-ring (bicyclic) bond motifs is 1. The first-order valence-electron chi connectivity index (χ1n) is 5.50. The summed E-state index contributed by atoms with van der Waals surface area (Å²) in [6, 6.07) is 8.75. The van der Waals surface area contributed by atoms with Crippen molar-refractivity contribution in [2.24, 2.45) is 5.41 Å². The maximum absolute atomic E-state index is 2.37. The largest absolute Gasteiger partial charge is 0.130 e. The van der Waals surface area contributed by atoms with Crippen LogP contribution in [0.1, 0.15) is 31.9 Å². The Labute approximate surface area is 96.8 Å². The molecule has 0 fully saturated rings. The van der Waals surface area contributed by atoms with Gasteiger partial charge in [-0.05, 0) is 33.9 Å². The Bertz CT molecular complexity index is 383. The molecular weight excluding hydrogens is 200 g/mol. The lowest BCUT2D eigenvalue weighted by atomic mass is 9.93. The summed E-state index contributed by atoms with van der Waals surface area (Å²) in [7, 11) is 0. The average molecular weight is 218 g/mol. The lowest BCUT2D eigenvalue weighted by Crippen LogP contribution is -2.06. The van der Waals surface area contributed by atoms with E-state index in [1.54, 1.807) is 0 Å². The van der Waals surface area contributed by atoms with Crippen LogP contribution in [0.25, 0.3) is 6.08 Å². The molecule has 0 unspecified atom stereocenters. The summed E-state index contributed by atoms with van der Waals surface area (Å²) in [6.45, 7) is 6.87. The fourth-order valence-electron chi connectivity index (χ4n) is 1.79. The van der Waals surface area contributed by atoms with Crippen LogP contribution >= 0.6 is 11.8 Å². The molecule has 1 aliphatic heterocycles. The van der Waals surface area contributed by atoms with E-state index < -0.39 is 0 Å². The minimum Gasteiger partial charge on any atom is -0.130 e. The van der Waals surface area contributed by atoms with Crippen LogP contribution in [0.4, 0.5) is 0 Å². The summed E-state index contributed by atoms with van der Waals surface area (Å²) in [5.74, 6) is 1.21. The summed E-state index contributed by atoms with van der Waals surface area (Å²) in [6.07, 6.45) is 3.56. The first-order valence-corrected chi connectivity index (χ1v) is 6.49. The van der Waals surface area contributed by atoms with Crippen LogP contribution < -0.4 is 0 Å². The second-order valence-electron chi connectivity index (χ2n) is 5.06. The second kappa shape index (κ2) is 4.05. The van der Waals surface area contributed by atoms with Gasteiger partial charge in [0.1, 0.15) is 0 Å². The van der Waals surface area contributed by atoms with Crippen LogP contribution in [0.3, 0.4) is 0 Å². The molecule has 0 saturated carbocycles. The van der Waals surface area contributed by atoms with E-state index >= 15 is 0 Å². The summed E-state index contributed by atoms with van der Waals surface area (Å²) < 4.78 is 0. The molecule has 1 aliphatic rings. The van der Waals surface area contributed by atoms with E-state index in [-0.39, 0.29) is 5.41 Å². The van der Waals surface area contributed by atoms with Crippen LogP contribution in [-0.4, -0.2) is 5.75 Å². The van der Waals surface area contributed by atoms with Crippen molar-refractivity contribution in [1.29, 1.82) is 0 Å². The van der Waals surface area contributed by atoms with Gasteiger partial charge in [0.2, 0.25) is 0 Å². The van der Waals surface area contributed by atoms with E-state index in [1.807, 2.05) is 11.8 Å². The highest BCUT2D eigenvalue weighted by Gasteiger charge is 2.19. The molecule has 0 N–H and O–H groups in total. The Morgan fingerprint density at radius 1 is 1.13 bits per heavy atom. The van der Waals surface area contributed by atoms with Crippen LogP contribution in [0.5, 0.6) is 0 Å². The lowest BCUT2D eigenvalue weighted by Gasteiger charge is -2.21. The molecule has 0 saturated heterocycles. The molecule has 1 heterocycles. The summed E-state index contributed by atoms with van der Waals surface area (Å²) >= 11 is 2.01. The van der Waals surface area contributed by atoms with Gasteiger partial charge in [0, 0.05) is 5.75 Å². The lowest BCUT2D eigenvalue weighted by molar-refractivity contribution is 0.536. The molecule has 0 aromatic heterocycles. The maximum Gasteiger partial charge on any atom is 0.00177 e. The zero-order chi connectivity index (χ0) is 10.9. The quantitative estimate of drug-likeness (QED) is 0.623. The predicted molar refractivity (Wildman–Crippen MR) is 70.0 cm³/mol. The van der Waals surface area contributed by atoms with Crippen molar-refractivity contribution in [3.8, 4) is 0 Å². The number of aryl methyl sites for hydroxylation is 1. The van der Waals surface area contributed by atoms with Crippen LogP contribution in [0, 0.1) is 5.41 Å². The number of thioether (sulfide) groups is 1. The van der Waals surface area contributed by atoms with Gasteiger partial charge in [-0.25, -0.2) is 0 Å². The highest BCUT2D eigenvalue weighted by Crippen LogP contribution is 2.38. The molecule has 80 valence electrons. The van der Waals surface area contributed by atoms with Gasteiger partial charge in [0.25, 0.3) is 0 Å². The van der Waals surface area contributed by atoms with Gasteiger partial charge in [-0.1, -0.05) is 45.0 Å². The molecular formula is C14H18S. The molecule has 0 amide bonds. The average Bonchev–Trinajstić information content (AvgIpc) is 2.38. The number of allylic oxidation sites excluding steroid dienone is 1. The first kappa shape index (κ1) is 10.8. The third kappa shape index (κ3) is 2.46. The fourth-order valence-corrected chi connectivity index (χ4v) is 2.97. The second-order valence-corrected chi connectivity index (χ2v) is 6.19. The summed E-state index contributed by atoms with van der Waals surface area (Å²) in [5.41, 5.74) is 3.18. The van der Waals surface area contributed by atoms with Crippen molar-refractivity contribution in [2.75, 3.05) is 5.75 Å². The zero-order valence-electron chi connectivity index (χ0n) is 9.71. The molecule has 0 nitrogen and oxygen atoms in total. The highest BCUT2D eigenvalue weighted by atomic mass is 32.2. The normalized spacial score (nSPS) is 16.6. The highest BCUT2D eigenvalue weighted by molar-refractivity contribution is 8.03. The number of hydrogen-bond acceptors (Lipinski definition) is 1. The van der Waals surface area contributed by atoms with Gasteiger partial charge >= 0.3 is 0 Å². The number of hydrogen-bond donors (Lipinski definition) is 0. The van der Waals surface area contributed by atoms with E-state index in [1.165, 1.54) is 28.2 Å². The van der Waals surface area contributed by atoms with Gasteiger partial charge in [-0.2, -0.15) is 0 Å². The molecule has 2 rings (SSSR count). The van der Waals surface area contributed by atoms with E-state index in [0.717, 1.165) is 0 Å².